The summed E-state index contributed by atoms with van der Waals surface area (Å²) in [5.74, 6) is 0.635. The van der Waals surface area contributed by atoms with Crippen molar-refractivity contribution in [2.75, 3.05) is 6.54 Å². The van der Waals surface area contributed by atoms with Gasteiger partial charge in [-0.25, -0.2) is 0 Å². The second-order valence-corrected chi connectivity index (χ2v) is 5.92. The molecule has 1 fully saturated rings. The average molecular weight is 289 g/mol. The Kier molecular flexibility index (Phi) is 5.12. The summed E-state index contributed by atoms with van der Waals surface area (Å²) in [5, 5.41) is 16.4. The fourth-order valence-electron chi connectivity index (χ4n) is 2.01. The Balaban J connectivity index is 0.00000180. The summed E-state index contributed by atoms with van der Waals surface area (Å²) in [6.07, 6.45) is 0.297. The lowest BCUT2D eigenvalue weighted by Crippen LogP contribution is -2.31. The van der Waals surface area contributed by atoms with Crippen molar-refractivity contribution in [3.63, 3.8) is 0 Å². The molecule has 0 radical (unpaired) electrons. The Morgan fingerprint density at radius 2 is 2.26 bits per heavy atom. The van der Waals surface area contributed by atoms with Gasteiger partial charge in [0.25, 0.3) is 0 Å². The van der Waals surface area contributed by atoms with Crippen LogP contribution in [0.4, 0.5) is 0 Å². The maximum absolute atomic E-state index is 12.0. The number of nitrogens with one attached hydrogen (secondary N) is 1. The van der Waals surface area contributed by atoms with Crippen LogP contribution in [0.3, 0.4) is 0 Å². The van der Waals surface area contributed by atoms with Gasteiger partial charge in [0.2, 0.25) is 0 Å². The van der Waals surface area contributed by atoms with Gasteiger partial charge in [-0.15, -0.1) is 12.4 Å². The fraction of sp³-hybridized carbons (Fsp3) is 0.692. The van der Waals surface area contributed by atoms with Crippen molar-refractivity contribution in [3.05, 3.63) is 17.5 Å². The molecule has 19 heavy (non-hydrogen) atoms. The molecule has 0 aromatic carbocycles. The topological polar surface area (TPSA) is 75.4 Å². The van der Waals surface area contributed by atoms with Crippen molar-refractivity contribution < 1.29 is 14.4 Å². The molecule has 2 heterocycles. The van der Waals surface area contributed by atoms with E-state index in [1.165, 1.54) is 0 Å². The molecule has 1 aromatic heterocycles. The number of rotatable bonds is 3. The first-order chi connectivity index (χ1) is 8.36. The minimum absolute atomic E-state index is 0. The van der Waals surface area contributed by atoms with Crippen molar-refractivity contribution in [1.82, 2.24) is 10.5 Å². The highest BCUT2D eigenvalue weighted by Crippen LogP contribution is 2.22. The van der Waals surface area contributed by atoms with E-state index >= 15 is 0 Å². The summed E-state index contributed by atoms with van der Waals surface area (Å²) in [7, 11) is 0. The summed E-state index contributed by atoms with van der Waals surface area (Å²) in [6, 6.07) is 1.58. The highest BCUT2D eigenvalue weighted by atomic mass is 35.5. The molecule has 108 valence electrons. The highest BCUT2D eigenvalue weighted by Gasteiger charge is 2.29. The van der Waals surface area contributed by atoms with Gasteiger partial charge >= 0.3 is 0 Å². The van der Waals surface area contributed by atoms with Gasteiger partial charge in [-0.05, 0) is 6.42 Å². The average Bonchev–Trinajstić information content (AvgIpc) is 2.85. The Labute approximate surface area is 119 Å². The summed E-state index contributed by atoms with van der Waals surface area (Å²) >= 11 is 0. The fourth-order valence-corrected chi connectivity index (χ4v) is 2.01. The number of halogens is 1. The summed E-state index contributed by atoms with van der Waals surface area (Å²) in [4.78, 5) is 12.0. The number of Topliss-reactive ketones (excluding diaryl/α,β-unsaturated/α-hetero) is 1. The van der Waals surface area contributed by atoms with Crippen LogP contribution in [0, 0.1) is 0 Å². The lowest BCUT2D eigenvalue weighted by molar-refractivity contribution is -0.120. The zero-order valence-electron chi connectivity index (χ0n) is 11.5. The van der Waals surface area contributed by atoms with Gasteiger partial charge in [-0.2, -0.15) is 0 Å². The van der Waals surface area contributed by atoms with Crippen LogP contribution in [0.1, 0.15) is 38.6 Å². The minimum Gasteiger partial charge on any atom is -0.392 e. The van der Waals surface area contributed by atoms with E-state index in [9.17, 15) is 9.90 Å². The normalized spacial score (nSPS) is 23.2. The summed E-state index contributed by atoms with van der Waals surface area (Å²) in [6.45, 7) is 6.63. The maximum Gasteiger partial charge on any atom is 0.157 e. The molecule has 0 bridgehead atoms. The molecule has 2 rings (SSSR count). The molecule has 0 amide bonds. The van der Waals surface area contributed by atoms with Crippen LogP contribution in [0.5, 0.6) is 0 Å². The van der Waals surface area contributed by atoms with Crippen molar-refractivity contribution in [2.45, 2.75) is 51.2 Å². The number of nitrogens with zero attached hydrogens (tertiary/aromatic N) is 1. The lowest BCUT2D eigenvalue weighted by Gasteiger charge is -2.12. The van der Waals surface area contributed by atoms with E-state index < -0.39 is 6.10 Å². The van der Waals surface area contributed by atoms with Crippen molar-refractivity contribution >= 4 is 18.2 Å². The van der Waals surface area contributed by atoms with Gasteiger partial charge in [-0.3, -0.25) is 4.79 Å². The third-order valence-electron chi connectivity index (χ3n) is 3.17. The smallest absolute Gasteiger partial charge is 0.157 e. The van der Waals surface area contributed by atoms with E-state index in [0.717, 1.165) is 5.69 Å². The molecule has 1 saturated heterocycles. The molecule has 1 aliphatic heterocycles. The summed E-state index contributed by atoms with van der Waals surface area (Å²) in [5.41, 5.74) is 0.775. The number of carbonyl (C=O) groups excluding carboxylic acids is 1. The van der Waals surface area contributed by atoms with Gasteiger partial charge in [-0.1, -0.05) is 25.9 Å². The van der Waals surface area contributed by atoms with Crippen LogP contribution in [0.2, 0.25) is 0 Å². The second-order valence-electron chi connectivity index (χ2n) is 5.92. The molecule has 0 spiro atoms. The molecular weight excluding hydrogens is 268 g/mol. The van der Waals surface area contributed by atoms with Gasteiger partial charge in [0, 0.05) is 18.0 Å². The zero-order valence-corrected chi connectivity index (χ0v) is 12.3. The summed E-state index contributed by atoms with van der Waals surface area (Å²) < 4.78 is 5.19. The van der Waals surface area contributed by atoms with E-state index in [0.29, 0.717) is 18.7 Å². The Hall–Kier alpha value is -0.910. The van der Waals surface area contributed by atoms with Crippen LogP contribution in [0.25, 0.3) is 0 Å². The SMILES string of the molecule is CC(C)(C)c1cc(CC(=O)[C@@H]2C[C@H](O)CN2)on1.Cl. The number of aliphatic hydroxyl groups excluding tert-OH is 1. The maximum atomic E-state index is 12.0. The van der Waals surface area contributed by atoms with Crippen LogP contribution in [-0.2, 0) is 16.6 Å². The molecule has 0 aliphatic carbocycles. The Morgan fingerprint density at radius 3 is 2.74 bits per heavy atom. The van der Waals surface area contributed by atoms with E-state index in [1.807, 2.05) is 26.8 Å². The number of β-amino-alcohol motifs (C(OH)–C–C–N with tert-alkyl or cyclic N) is 1. The molecule has 0 unspecified atom stereocenters. The molecular formula is C13H21ClN2O3. The highest BCUT2D eigenvalue weighted by molar-refractivity contribution is 5.86. The van der Waals surface area contributed by atoms with Gasteiger partial charge in [0.15, 0.2) is 5.78 Å². The first-order valence-corrected chi connectivity index (χ1v) is 6.26. The standard InChI is InChI=1S/C13H20N2O3.ClH/c1-13(2,3)12-6-9(18-15-12)5-11(17)10-4-8(16)7-14-10;/h6,8,10,14,16H,4-5,7H2,1-3H3;1H/t8-,10-;/m0./s1. The van der Waals surface area contributed by atoms with Crippen molar-refractivity contribution in [3.8, 4) is 0 Å². The number of aromatic nitrogens is 1. The largest absolute Gasteiger partial charge is 0.392 e. The molecule has 1 aromatic rings. The van der Waals surface area contributed by atoms with Crippen LogP contribution >= 0.6 is 12.4 Å². The predicted molar refractivity (Wildman–Crippen MR) is 73.6 cm³/mol. The number of hydrogen-bond donors (Lipinski definition) is 2. The molecule has 5 nitrogen and oxygen atoms in total. The predicted octanol–water partition coefficient (Wildman–Crippen LogP) is 1.23. The molecule has 2 N–H and O–H groups in total. The third-order valence-corrected chi connectivity index (χ3v) is 3.17. The molecule has 2 atom stereocenters. The zero-order chi connectivity index (χ0) is 13.3. The molecule has 6 heteroatoms. The Bertz CT molecular complexity index is 439. The number of aliphatic hydroxyl groups is 1. The Morgan fingerprint density at radius 1 is 1.58 bits per heavy atom. The first-order valence-electron chi connectivity index (χ1n) is 6.26. The molecule has 1 aliphatic rings. The first kappa shape index (κ1) is 16.1. The quantitative estimate of drug-likeness (QED) is 0.875. The van der Waals surface area contributed by atoms with E-state index in [1.54, 1.807) is 0 Å². The van der Waals surface area contributed by atoms with Crippen molar-refractivity contribution in [2.24, 2.45) is 0 Å². The van der Waals surface area contributed by atoms with Crippen molar-refractivity contribution in [1.29, 1.82) is 0 Å². The van der Waals surface area contributed by atoms with Crippen LogP contribution < -0.4 is 5.32 Å². The van der Waals surface area contributed by atoms with E-state index in [2.05, 4.69) is 10.5 Å². The lowest BCUT2D eigenvalue weighted by atomic mass is 9.92. The van der Waals surface area contributed by atoms with Gasteiger partial charge < -0.3 is 14.9 Å². The monoisotopic (exact) mass is 288 g/mol. The van der Waals surface area contributed by atoms with E-state index in [4.69, 9.17) is 4.52 Å². The van der Waals surface area contributed by atoms with Gasteiger partial charge in [0.05, 0.1) is 24.3 Å². The minimum atomic E-state index is -0.418. The van der Waals surface area contributed by atoms with Crippen LogP contribution in [0.15, 0.2) is 10.6 Å². The number of hydrogen-bond acceptors (Lipinski definition) is 5. The van der Waals surface area contributed by atoms with Gasteiger partial charge in [0.1, 0.15) is 5.76 Å². The third kappa shape index (κ3) is 4.03. The number of ketones is 1. The van der Waals surface area contributed by atoms with E-state index in [-0.39, 0.29) is 36.1 Å². The molecule has 0 saturated carbocycles. The second kappa shape index (κ2) is 6.03. The number of carbonyl (C=O) groups is 1. The van der Waals surface area contributed by atoms with Crippen LogP contribution in [-0.4, -0.2) is 34.7 Å².